The summed E-state index contributed by atoms with van der Waals surface area (Å²) in [6.07, 6.45) is 12.2. The van der Waals surface area contributed by atoms with E-state index < -0.39 is 0 Å². The van der Waals surface area contributed by atoms with Crippen LogP contribution in [0.25, 0.3) is 0 Å². The van der Waals surface area contributed by atoms with Crippen molar-refractivity contribution in [1.29, 1.82) is 0 Å². The Morgan fingerprint density at radius 3 is 2.95 bits per heavy atom. The number of rotatable bonds is 6. The van der Waals surface area contributed by atoms with Crippen LogP contribution in [0.2, 0.25) is 0 Å². The molecular formula is C17H23N3OS. The number of nitrogens with zero attached hydrogens (tertiary/aromatic N) is 2. The van der Waals surface area contributed by atoms with Crippen LogP contribution in [0.5, 0.6) is 0 Å². The van der Waals surface area contributed by atoms with Gasteiger partial charge in [-0.05, 0) is 32.9 Å². The molecule has 0 spiro atoms. The number of anilines is 1. The van der Waals surface area contributed by atoms with Crippen molar-refractivity contribution < 1.29 is 4.74 Å². The molecule has 2 unspecified atom stereocenters. The van der Waals surface area contributed by atoms with Crippen LogP contribution in [-0.2, 0) is 4.74 Å². The van der Waals surface area contributed by atoms with Gasteiger partial charge in [-0.3, -0.25) is 4.99 Å². The summed E-state index contributed by atoms with van der Waals surface area (Å²) in [4.78, 5) is 9.19. The Balaban J connectivity index is 2.10. The van der Waals surface area contributed by atoms with Crippen LogP contribution >= 0.6 is 11.3 Å². The predicted molar refractivity (Wildman–Crippen MR) is 94.8 cm³/mol. The maximum absolute atomic E-state index is 5.30. The molecule has 5 heteroatoms. The average molecular weight is 317 g/mol. The molecule has 0 aliphatic heterocycles. The van der Waals surface area contributed by atoms with Gasteiger partial charge in [0.25, 0.3) is 0 Å². The van der Waals surface area contributed by atoms with Gasteiger partial charge in [0.1, 0.15) is 5.76 Å². The summed E-state index contributed by atoms with van der Waals surface area (Å²) < 4.78 is 5.30. The summed E-state index contributed by atoms with van der Waals surface area (Å²) in [5, 5.41) is 6.24. The lowest BCUT2D eigenvalue weighted by Gasteiger charge is -2.19. The Morgan fingerprint density at radius 1 is 1.45 bits per heavy atom. The third-order valence-corrected chi connectivity index (χ3v) is 3.97. The van der Waals surface area contributed by atoms with Crippen LogP contribution in [0.1, 0.15) is 26.5 Å². The minimum Gasteiger partial charge on any atom is -0.497 e. The lowest BCUT2D eigenvalue weighted by atomic mass is 9.94. The first kappa shape index (κ1) is 16.5. The summed E-state index contributed by atoms with van der Waals surface area (Å²) in [7, 11) is 1.68. The highest BCUT2D eigenvalue weighted by molar-refractivity contribution is 7.13. The fraction of sp³-hybridized carbons (Fsp3) is 0.412. The second-order valence-corrected chi connectivity index (χ2v) is 6.24. The first-order chi connectivity index (χ1) is 10.6. The van der Waals surface area contributed by atoms with Crippen molar-refractivity contribution in [2.45, 2.75) is 32.9 Å². The highest BCUT2D eigenvalue weighted by Crippen LogP contribution is 2.22. The van der Waals surface area contributed by atoms with E-state index in [0.717, 1.165) is 16.6 Å². The molecular weight excluding hydrogens is 294 g/mol. The van der Waals surface area contributed by atoms with Gasteiger partial charge in [0.2, 0.25) is 0 Å². The van der Waals surface area contributed by atoms with E-state index in [1.165, 1.54) is 0 Å². The van der Waals surface area contributed by atoms with Crippen LogP contribution in [-0.4, -0.2) is 30.4 Å². The van der Waals surface area contributed by atoms with Gasteiger partial charge in [0.05, 0.1) is 18.8 Å². The molecule has 22 heavy (non-hydrogen) atoms. The molecule has 118 valence electrons. The third kappa shape index (κ3) is 4.56. The van der Waals surface area contributed by atoms with Gasteiger partial charge in [-0.25, -0.2) is 4.98 Å². The molecule has 0 aromatic carbocycles. The second-order valence-electron chi connectivity index (χ2n) is 5.38. The minimum atomic E-state index is 0.0411. The molecule has 1 aromatic heterocycles. The zero-order valence-electron chi connectivity index (χ0n) is 13.5. The molecule has 1 heterocycles. The summed E-state index contributed by atoms with van der Waals surface area (Å²) in [5.41, 5.74) is 0.884. The van der Waals surface area contributed by atoms with Crippen molar-refractivity contribution in [3.63, 3.8) is 0 Å². The fourth-order valence-corrected chi connectivity index (χ4v) is 2.96. The molecule has 1 aromatic rings. The van der Waals surface area contributed by atoms with Gasteiger partial charge >= 0.3 is 0 Å². The Bertz CT molecular complexity index is 599. The molecule has 0 fully saturated rings. The molecule has 1 aliphatic carbocycles. The molecule has 0 radical (unpaired) electrons. The number of methoxy groups -OCH3 is 1. The van der Waals surface area contributed by atoms with Gasteiger partial charge in [-0.15, -0.1) is 11.3 Å². The topological polar surface area (TPSA) is 46.5 Å². The highest BCUT2D eigenvalue weighted by Gasteiger charge is 2.17. The lowest BCUT2D eigenvalue weighted by molar-refractivity contribution is 0.300. The van der Waals surface area contributed by atoms with E-state index in [1.807, 2.05) is 30.7 Å². The molecule has 1 aliphatic rings. The van der Waals surface area contributed by atoms with Crippen molar-refractivity contribution in [2.24, 2.45) is 10.9 Å². The predicted octanol–water partition coefficient (Wildman–Crippen LogP) is 4.04. The van der Waals surface area contributed by atoms with Crippen LogP contribution in [0.3, 0.4) is 0 Å². The summed E-state index contributed by atoms with van der Waals surface area (Å²) in [6, 6.07) is 0.421. The number of aliphatic imine (C=N–C) groups is 1. The maximum atomic E-state index is 5.30. The molecule has 1 N–H and O–H groups in total. The van der Waals surface area contributed by atoms with E-state index in [9.17, 15) is 0 Å². The first-order valence-corrected chi connectivity index (χ1v) is 8.32. The standard InChI is InChI=1S/C17H23N3OS/c1-5-6-13-7-8-15(21-4)9-16(13)18-10-14-11-22-17(20-14)19-12(2)3/h5-13,16H,1-4H3,(H,19,20)/b6-5-,18-10?. The zero-order valence-corrected chi connectivity index (χ0v) is 14.3. The van der Waals surface area contributed by atoms with Crippen LogP contribution < -0.4 is 5.32 Å². The number of ether oxygens (including phenoxy) is 1. The van der Waals surface area contributed by atoms with Crippen molar-refractivity contribution >= 4 is 22.7 Å². The van der Waals surface area contributed by atoms with Crippen molar-refractivity contribution in [3.8, 4) is 0 Å². The maximum Gasteiger partial charge on any atom is 0.183 e. The van der Waals surface area contributed by atoms with Crippen LogP contribution in [0.15, 0.2) is 46.5 Å². The van der Waals surface area contributed by atoms with Crippen molar-refractivity contribution in [1.82, 2.24) is 4.98 Å². The second kappa shape index (κ2) is 7.94. The largest absolute Gasteiger partial charge is 0.497 e. The molecule has 0 saturated carbocycles. The highest BCUT2D eigenvalue weighted by atomic mass is 32.1. The van der Waals surface area contributed by atoms with Gasteiger partial charge in [-0.2, -0.15) is 0 Å². The van der Waals surface area contributed by atoms with Gasteiger partial charge in [0, 0.05) is 23.6 Å². The number of allylic oxidation sites excluding steroid dienone is 2. The van der Waals surface area contributed by atoms with Crippen LogP contribution in [0.4, 0.5) is 5.13 Å². The Labute approximate surface area is 136 Å². The molecule has 0 amide bonds. The summed E-state index contributed by atoms with van der Waals surface area (Å²) in [5.74, 6) is 1.11. The summed E-state index contributed by atoms with van der Waals surface area (Å²) >= 11 is 1.60. The Kier molecular flexibility index (Phi) is 5.95. The van der Waals surface area contributed by atoms with E-state index in [4.69, 9.17) is 4.74 Å². The first-order valence-electron chi connectivity index (χ1n) is 7.44. The Morgan fingerprint density at radius 2 is 2.27 bits per heavy atom. The number of thiazole rings is 1. The smallest absolute Gasteiger partial charge is 0.183 e. The van der Waals surface area contributed by atoms with E-state index in [-0.39, 0.29) is 12.0 Å². The quantitative estimate of drug-likeness (QED) is 0.636. The van der Waals surface area contributed by atoms with Gasteiger partial charge in [-0.1, -0.05) is 18.2 Å². The third-order valence-electron chi connectivity index (χ3n) is 3.18. The van der Waals surface area contributed by atoms with Gasteiger partial charge < -0.3 is 10.1 Å². The van der Waals surface area contributed by atoms with Crippen molar-refractivity contribution in [3.05, 3.63) is 47.2 Å². The normalized spacial score (nSPS) is 21.8. The summed E-state index contributed by atoms with van der Waals surface area (Å²) in [6.45, 7) is 6.22. The Hall–Kier alpha value is -1.88. The SMILES string of the molecule is C/C=C\C1C=CC(OC)=CC1N=Cc1csc(NC(C)C)n1. The fourth-order valence-electron chi connectivity index (χ4n) is 2.15. The number of aromatic nitrogens is 1. The lowest BCUT2D eigenvalue weighted by Crippen LogP contribution is -2.16. The number of nitrogens with one attached hydrogen (secondary N) is 1. The molecule has 2 rings (SSSR count). The molecule has 2 atom stereocenters. The average Bonchev–Trinajstić information content (AvgIpc) is 2.93. The van der Waals surface area contributed by atoms with E-state index in [1.54, 1.807) is 18.4 Å². The molecule has 0 bridgehead atoms. The van der Waals surface area contributed by atoms with E-state index >= 15 is 0 Å². The zero-order chi connectivity index (χ0) is 15.9. The monoisotopic (exact) mass is 317 g/mol. The molecule has 4 nitrogen and oxygen atoms in total. The number of hydrogen-bond acceptors (Lipinski definition) is 5. The van der Waals surface area contributed by atoms with E-state index in [2.05, 4.69) is 47.4 Å². The van der Waals surface area contributed by atoms with Gasteiger partial charge in [0.15, 0.2) is 5.13 Å². The van der Waals surface area contributed by atoms with Crippen LogP contribution in [0, 0.1) is 5.92 Å². The number of hydrogen-bond donors (Lipinski definition) is 1. The molecule has 0 saturated heterocycles. The minimum absolute atomic E-state index is 0.0411. The van der Waals surface area contributed by atoms with E-state index in [0.29, 0.717) is 6.04 Å². The van der Waals surface area contributed by atoms with Crippen molar-refractivity contribution in [2.75, 3.05) is 12.4 Å².